The van der Waals surface area contributed by atoms with Crippen LogP contribution >= 0.6 is 12.4 Å². The third-order valence-electron chi connectivity index (χ3n) is 3.54. The summed E-state index contributed by atoms with van der Waals surface area (Å²) in [6.45, 7) is 1.96. The van der Waals surface area contributed by atoms with E-state index in [2.05, 4.69) is 5.32 Å². The van der Waals surface area contributed by atoms with E-state index in [0.717, 1.165) is 36.3 Å². The first-order valence-corrected chi connectivity index (χ1v) is 6.31. The quantitative estimate of drug-likeness (QED) is 0.896. The molecule has 0 radical (unpaired) electrons. The number of rotatable bonds is 3. The van der Waals surface area contributed by atoms with Crippen LogP contribution in [0.2, 0.25) is 0 Å². The zero-order valence-electron chi connectivity index (χ0n) is 11.3. The molecule has 2 rings (SSSR count). The van der Waals surface area contributed by atoms with Crippen LogP contribution in [0.15, 0.2) is 18.2 Å². The molecule has 0 spiro atoms. The molecule has 1 aromatic carbocycles. The van der Waals surface area contributed by atoms with Gasteiger partial charge in [-0.3, -0.25) is 4.79 Å². The van der Waals surface area contributed by atoms with Crippen molar-refractivity contribution in [2.75, 3.05) is 12.4 Å². The SMILES string of the molecule is COc1ccc(NC(=O)C2CCC(N)C2)c(C)c1.Cl. The van der Waals surface area contributed by atoms with Gasteiger partial charge < -0.3 is 15.8 Å². The first-order chi connectivity index (χ1) is 8.60. The number of aryl methyl sites for hydroxylation is 1. The number of benzene rings is 1. The Hall–Kier alpha value is -1.26. The predicted molar refractivity (Wildman–Crippen MR) is 78.9 cm³/mol. The van der Waals surface area contributed by atoms with Crippen molar-refractivity contribution in [1.82, 2.24) is 0 Å². The van der Waals surface area contributed by atoms with Crippen molar-refractivity contribution in [3.05, 3.63) is 23.8 Å². The highest BCUT2D eigenvalue weighted by atomic mass is 35.5. The third-order valence-corrected chi connectivity index (χ3v) is 3.54. The molecule has 19 heavy (non-hydrogen) atoms. The number of anilines is 1. The fraction of sp³-hybridized carbons (Fsp3) is 0.500. The van der Waals surface area contributed by atoms with Crippen LogP contribution in [-0.4, -0.2) is 19.1 Å². The van der Waals surface area contributed by atoms with E-state index in [-0.39, 0.29) is 30.3 Å². The van der Waals surface area contributed by atoms with E-state index in [1.54, 1.807) is 7.11 Å². The number of halogens is 1. The maximum absolute atomic E-state index is 12.1. The van der Waals surface area contributed by atoms with E-state index in [1.165, 1.54) is 0 Å². The molecule has 0 heterocycles. The van der Waals surface area contributed by atoms with Gasteiger partial charge in [0.15, 0.2) is 0 Å². The summed E-state index contributed by atoms with van der Waals surface area (Å²) in [6.07, 6.45) is 2.63. The minimum Gasteiger partial charge on any atom is -0.497 e. The highest BCUT2D eigenvalue weighted by Gasteiger charge is 2.27. The minimum atomic E-state index is 0. The molecule has 0 aromatic heterocycles. The van der Waals surface area contributed by atoms with Gasteiger partial charge in [-0.1, -0.05) is 0 Å². The summed E-state index contributed by atoms with van der Waals surface area (Å²) in [5.41, 5.74) is 7.68. The lowest BCUT2D eigenvalue weighted by atomic mass is 10.1. The lowest BCUT2D eigenvalue weighted by Gasteiger charge is -2.13. The van der Waals surface area contributed by atoms with Gasteiger partial charge in [0.1, 0.15) is 5.75 Å². The fourth-order valence-electron chi connectivity index (χ4n) is 2.39. The predicted octanol–water partition coefficient (Wildman–Crippen LogP) is 2.49. The summed E-state index contributed by atoms with van der Waals surface area (Å²) in [6, 6.07) is 5.82. The van der Waals surface area contributed by atoms with Crippen molar-refractivity contribution in [3.8, 4) is 5.75 Å². The molecule has 0 bridgehead atoms. The topological polar surface area (TPSA) is 64.3 Å². The summed E-state index contributed by atoms with van der Waals surface area (Å²) < 4.78 is 5.14. The Balaban J connectivity index is 0.00000180. The second-order valence-electron chi connectivity index (χ2n) is 4.94. The smallest absolute Gasteiger partial charge is 0.227 e. The minimum absolute atomic E-state index is 0. The summed E-state index contributed by atoms with van der Waals surface area (Å²) in [5.74, 6) is 0.936. The maximum Gasteiger partial charge on any atom is 0.227 e. The molecule has 0 saturated heterocycles. The zero-order chi connectivity index (χ0) is 13.1. The molecular weight excluding hydrogens is 264 g/mol. The second-order valence-corrected chi connectivity index (χ2v) is 4.94. The average Bonchev–Trinajstić information content (AvgIpc) is 2.78. The highest BCUT2D eigenvalue weighted by Crippen LogP contribution is 2.27. The van der Waals surface area contributed by atoms with E-state index < -0.39 is 0 Å². The van der Waals surface area contributed by atoms with Crippen molar-refractivity contribution in [2.24, 2.45) is 11.7 Å². The third kappa shape index (κ3) is 3.85. The summed E-state index contributed by atoms with van der Waals surface area (Å²) >= 11 is 0. The Bertz CT molecular complexity index is 451. The molecule has 1 aliphatic rings. The number of amides is 1. The van der Waals surface area contributed by atoms with Gasteiger partial charge in [-0.25, -0.2) is 0 Å². The van der Waals surface area contributed by atoms with Gasteiger partial charge in [0, 0.05) is 17.6 Å². The summed E-state index contributed by atoms with van der Waals surface area (Å²) in [5, 5.41) is 2.97. The number of carbonyl (C=O) groups is 1. The number of methoxy groups -OCH3 is 1. The number of nitrogens with one attached hydrogen (secondary N) is 1. The van der Waals surface area contributed by atoms with Crippen LogP contribution in [0.25, 0.3) is 0 Å². The Morgan fingerprint density at radius 3 is 2.68 bits per heavy atom. The molecule has 1 aromatic rings. The highest BCUT2D eigenvalue weighted by molar-refractivity contribution is 5.93. The van der Waals surface area contributed by atoms with Crippen molar-refractivity contribution in [1.29, 1.82) is 0 Å². The monoisotopic (exact) mass is 284 g/mol. The molecule has 1 aliphatic carbocycles. The standard InChI is InChI=1S/C14H20N2O2.ClH/c1-9-7-12(18-2)5-6-13(9)16-14(17)10-3-4-11(15)8-10;/h5-7,10-11H,3-4,8,15H2,1-2H3,(H,16,17);1H. The van der Waals surface area contributed by atoms with E-state index in [1.807, 2.05) is 25.1 Å². The number of ether oxygens (including phenoxy) is 1. The Labute approximate surface area is 120 Å². The Kier molecular flexibility index (Phi) is 5.63. The first kappa shape index (κ1) is 15.8. The second kappa shape index (κ2) is 6.78. The lowest BCUT2D eigenvalue weighted by molar-refractivity contribution is -0.119. The molecule has 2 unspecified atom stereocenters. The van der Waals surface area contributed by atoms with Crippen LogP contribution in [0, 0.1) is 12.8 Å². The molecule has 5 heteroatoms. The van der Waals surface area contributed by atoms with Crippen LogP contribution in [-0.2, 0) is 4.79 Å². The normalized spacial score (nSPS) is 21.6. The van der Waals surface area contributed by atoms with Crippen LogP contribution in [0.1, 0.15) is 24.8 Å². The summed E-state index contributed by atoms with van der Waals surface area (Å²) in [7, 11) is 1.63. The van der Waals surface area contributed by atoms with Crippen LogP contribution in [0.5, 0.6) is 5.75 Å². The Morgan fingerprint density at radius 1 is 1.42 bits per heavy atom. The maximum atomic E-state index is 12.1. The van der Waals surface area contributed by atoms with Gasteiger partial charge in [-0.2, -0.15) is 0 Å². The fourth-order valence-corrected chi connectivity index (χ4v) is 2.39. The average molecular weight is 285 g/mol. The molecule has 3 N–H and O–H groups in total. The number of nitrogens with two attached hydrogens (primary N) is 1. The first-order valence-electron chi connectivity index (χ1n) is 6.31. The van der Waals surface area contributed by atoms with Crippen molar-refractivity contribution in [3.63, 3.8) is 0 Å². The van der Waals surface area contributed by atoms with Gasteiger partial charge in [0.05, 0.1) is 7.11 Å². The van der Waals surface area contributed by atoms with Gasteiger partial charge in [0.25, 0.3) is 0 Å². The van der Waals surface area contributed by atoms with E-state index in [0.29, 0.717) is 0 Å². The van der Waals surface area contributed by atoms with Crippen LogP contribution in [0.3, 0.4) is 0 Å². The van der Waals surface area contributed by atoms with Gasteiger partial charge in [-0.05, 0) is 49.9 Å². The van der Waals surface area contributed by atoms with Gasteiger partial charge in [-0.15, -0.1) is 12.4 Å². The molecule has 1 amide bonds. The van der Waals surface area contributed by atoms with Gasteiger partial charge in [0.2, 0.25) is 5.91 Å². The number of carbonyl (C=O) groups excluding carboxylic acids is 1. The molecule has 2 atom stereocenters. The molecule has 106 valence electrons. The largest absolute Gasteiger partial charge is 0.497 e. The number of hydrogen-bond donors (Lipinski definition) is 2. The molecule has 4 nitrogen and oxygen atoms in total. The molecular formula is C14H21ClN2O2. The van der Waals surface area contributed by atoms with Crippen molar-refractivity contribution < 1.29 is 9.53 Å². The van der Waals surface area contributed by atoms with E-state index in [9.17, 15) is 4.79 Å². The zero-order valence-corrected chi connectivity index (χ0v) is 12.1. The van der Waals surface area contributed by atoms with E-state index >= 15 is 0 Å². The summed E-state index contributed by atoms with van der Waals surface area (Å²) in [4.78, 5) is 12.1. The number of hydrogen-bond acceptors (Lipinski definition) is 3. The molecule has 1 saturated carbocycles. The van der Waals surface area contributed by atoms with E-state index in [4.69, 9.17) is 10.5 Å². The van der Waals surface area contributed by atoms with Crippen LogP contribution < -0.4 is 15.8 Å². The lowest BCUT2D eigenvalue weighted by Crippen LogP contribution is -2.23. The molecule has 0 aliphatic heterocycles. The van der Waals surface area contributed by atoms with Crippen LogP contribution in [0.4, 0.5) is 5.69 Å². The van der Waals surface area contributed by atoms with Crippen molar-refractivity contribution >= 4 is 24.0 Å². The van der Waals surface area contributed by atoms with Gasteiger partial charge >= 0.3 is 0 Å². The van der Waals surface area contributed by atoms with Crippen molar-refractivity contribution in [2.45, 2.75) is 32.2 Å². The molecule has 1 fully saturated rings. The Morgan fingerprint density at radius 2 is 2.16 bits per heavy atom.